The Kier molecular flexibility index (Phi) is 6.22. The first kappa shape index (κ1) is 28.2. The predicted molar refractivity (Wildman–Crippen MR) is 145 cm³/mol. The number of amides is 2. The summed E-state index contributed by atoms with van der Waals surface area (Å²) in [6, 6.07) is 9.21. The second kappa shape index (κ2) is 9.27. The lowest BCUT2D eigenvalue weighted by molar-refractivity contribution is -0.138. The van der Waals surface area contributed by atoms with E-state index in [-0.39, 0.29) is 42.6 Å². The Morgan fingerprint density at radius 2 is 1.86 bits per heavy atom. The van der Waals surface area contributed by atoms with Crippen LogP contribution < -0.4 is 4.90 Å². The summed E-state index contributed by atoms with van der Waals surface area (Å²) >= 11 is 0. The standard InChI is InChI=1S/C30H31F4N5O3/c1-27(31)15-29(16-27,25-36-35-17-37(25)3)19-6-4-7-20(12-19)38-14-22-21(24(38)40)10-18(11-23(22)30(32,33)34)13-39(26(41)42)28(2)8-5-9-28/h4,6-7,10-12,17H,5,8-9,13-16H2,1-3H3,(H,41,42). The minimum absolute atomic E-state index is 0.0997. The van der Waals surface area contributed by atoms with E-state index in [2.05, 4.69) is 10.2 Å². The van der Waals surface area contributed by atoms with Crippen LogP contribution in [-0.4, -0.2) is 48.0 Å². The summed E-state index contributed by atoms with van der Waals surface area (Å²) in [4.78, 5) is 28.2. The Morgan fingerprint density at radius 3 is 2.40 bits per heavy atom. The number of carbonyl (C=O) groups excluding carboxylic acids is 1. The highest BCUT2D eigenvalue weighted by atomic mass is 19.4. The van der Waals surface area contributed by atoms with Crippen LogP contribution in [0.25, 0.3) is 0 Å². The van der Waals surface area contributed by atoms with Gasteiger partial charge >= 0.3 is 12.3 Å². The number of alkyl halides is 4. The smallest absolute Gasteiger partial charge is 0.416 e. The molecule has 42 heavy (non-hydrogen) atoms. The van der Waals surface area contributed by atoms with Gasteiger partial charge in [-0.2, -0.15) is 13.2 Å². The Labute approximate surface area is 239 Å². The van der Waals surface area contributed by atoms with Gasteiger partial charge in [0.15, 0.2) is 0 Å². The van der Waals surface area contributed by atoms with Gasteiger partial charge in [0.25, 0.3) is 5.91 Å². The minimum atomic E-state index is -4.75. The van der Waals surface area contributed by atoms with Crippen molar-refractivity contribution in [3.05, 3.63) is 76.4 Å². The van der Waals surface area contributed by atoms with E-state index < -0.39 is 40.4 Å². The van der Waals surface area contributed by atoms with Gasteiger partial charge in [-0.1, -0.05) is 12.1 Å². The number of halogens is 4. The molecule has 1 aliphatic heterocycles. The molecule has 3 aliphatic rings. The van der Waals surface area contributed by atoms with Crippen LogP contribution in [0.2, 0.25) is 0 Å². The fourth-order valence-electron chi connectivity index (χ4n) is 7.04. The first-order valence-corrected chi connectivity index (χ1v) is 13.8. The van der Waals surface area contributed by atoms with E-state index in [0.717, 1.165) is 12.5 Å². The number of anilines is 1. The molecule has 2 aromatic carbocycles. The van der Waals surface area contributed by atoms with Crippen LogP contribution in [0.5, 0.6) is 0 Å². The van der Waals surface area contributed by atoms with Crippen molar-refractivity contribution in [2.24, 2.45) is 7.05 Å². The summed E-state index contributed by atoms with van der Waals surface area (Å²) in [7, 11) is 1.77. The highest BCUT2D eigenvalue weighted by Crippen LogP contribution is 2.56. The summed E-state index contributed by atoms with van der Waals surface area (Å²) in [6.07, 6.45) is -2.06. The van der Waals surface area contributed by atoms with Crippen molar-refractivity contribution in [1.82, 2.24) is 19.7 Å². The molecule has 6 rings (SSSR count). The molecule has 0 radical (unpaired) electrons. The molecule has 12 heteroatoms. The van der Waals surface area contributed by atoms with Gasteiger partial charge in [0.1, 0.15) is 17.8 Å². The average molecular weight is 586 g/mol. The molecule has 0 unspecified atom stereocenters. The van der Waals surface area contributed by atoms with Crippen molar-refractivity contribution in [3.63, 3.8) is 0 Å². The van der Waals surface area contributed by atoms with E-state index in [1.807, 2.05) is 6.07 Å². The van der Waals surface area contributed by atoms with Crippen LogP contribution in [0.4, 0.5) is 28.0 Å². The van der Waals surface area contributed by atoms with Crippen LogP contribution in [0.3, 0.4) is 0 Å². The maximum atomic E-state index is 14.9. The minimum Gasteiger partial charge on any atom is -0.465 e. The quantitative estimate of drug-likeness (QED) is 0.347. The number of benzene rings is 2. The van der Waals surface area contributed by atoms with E-state index in [9.17, 15) is 32.3 Å². The number of fused-ring (bicyclic) bond motifs is 1. The number of hydrogen-bond donors (Lipinski definition) is 1. The molecule has 2 saturated carbocycles. The number of carbonyl (C=O) groups is 2. The molecule has 0 saturated heterocycles. The van der Waals surface area contributed by atoms with Crippen molar-refractivity contribution >= 4 is 17.7 Å². The zero-order valence-electron chi connectivity index (χ0n) is 23.5. The fraction of sp³-hybridized carbons (Fsp3) is 0.467. The number of rotatable bonds is 6. The first-order chi connectivity index (χ1) is 19.6. The fourth-order valence-corrected chi connectivity index (χ4v) is 7.04. The van der Waals surface area contributed by atoms with Gasteiger partial charge in [-0.25, -0.2) is 9.18 Å². The largest absolute Gasteiger partial charge is 0.465 e. The zero-order valence-corrected chi connectivity index (χ0v) is 23.5. The maximum absolute atomic E-state index is 14.9. The van der Waals surface area contributed by atoms with Crippen LogP contribution >= 0.6 is 0 Å². The number of aromatic nitrogens is 3. The molecule has 0 spiro atoms. The molecular formula is C30H31F4N5O3. The van der Waals surface area contributed by atoms with Crippen molar-refractivity contribution < 1.29 is 32.3 Å². The van der Waals surface area contributed by atoms with E-state index >= 15 is 0 Å². The molecule has 0 atom stereocenters. The van der Waals surface area contributed by atoms with Gasteiger partial charge in [0.2, 0.25) is 0 Å². The Hall–Kier alpha value is -3.96. The third-order valence-corrected chi connectivity index (χ3v) is 9.25. The lowest BCUT2D eigenvalue weighted by atomic mass is 9.57. The Balaban J connectivity index is 1.37. The summed E-state index contributed by atoms with van der Waals surface area (Å²) in [5, 5.41) is 18.0. The monoisotopic (exact) mass is 585 g/mol. The van der Waals surface area contributed by atoms with Crippen LogP contribution in [0.15, 0.2) is 42.7 Å². The second-order valence-corrected chi connectivity index (χ2v) is 12.4. The molecule has 2 amide bonds. The highest BCUT2D eigenvalue weighted by Gasteiger charge is 2.57. The van der Waals surface area contributed by atoms with Gasteiger partial charge in [-0.15, -0.1) is 10.2 Å². The molecular weight excluding hydrogens is 554 g/mol. The Morgan fingerprint density at radius 1 is 1.14 bits per heavy atom. The van der Waals surface area contributed by atoms with Gasteiger partial charge in [-0.05, 0) is 86.9 Å². The molecule has 1 aromatic heterocycles. The third kappa shape index (κ3) is 4.42. The lowest BCUT2D eigenvalue weighted by Gasteiger charge is -2.49. The zero-order chi connectivity index (χ0) is 30.2. The maximum Gasteiger partial charge on any atom is 0.416 e. The first-order valence-electron chi connectivity index (χ1n) is 13.8. The van der Waals surface area contributed by atoms with Gasteiger partial charge in [0, 0.05) is 30.4 Å². The summed E-state index contributed by atoms with van der Waals surface area (Å²) in [5.41, 5.74) is -2.91. The van der Waals surface area contributed by atoms with E-state index in [0.29, 0.717) is 29.9 Å². The predicted octanol–water partition coefficient (Wildman–Crippen LogP) is 6.23. The molecule has 2 fully saturated rings. The molecule has 1 N–H and O–H groups in total. The summed E-state index contributed by atoms with van der Waals surface area (Å²) in [5.74, 6) is -0.0409. The van der Waals surface area contributed by atoms with Crippen molar-refractivity contribution in [1.29, 1.82) is 0 Å². The number of carboxylic acid groups (broad SMARTS) is 1. The lowest BCUT2D eigenvalue weighted by Crippen LogP contribution is -2.53. The SMILES string of the molecule is Cn1cnnc1C1(c2cccc(N3Cc4c(cc(CN(C(=O)O)C5(C)CCC5)cc4C(F)(F)F)C3=O)c2)CC(C)(F)C1. The third-order valence-electron chi connectivity index (χ3n) is 9.25. The second-order valence-electron chi connectivity index (χ2n) is 12.4. The van der Waals surface area contributed by atoms with Crippen molar-refractivity contribution in [2.75, 3.05) is 4.90 Å². The highest BCUT2D eigenvalue weighted by molar-refractivity contribution is 6.10. The molecule has 2 aliphatic carbocycles. The van der Waals surface area contributed by atoms with E-state index in [4.69, 9.17) is 0 Å². The van der Waals surface area contributed by atoms with Gasteiger partial charge in [0.05, 0.1) is 17.5 Å². The molecule has 222 valence electrons. The molecule has 2 heterocycles. The van der Waals surface area contributed by atoms with E-state index in [1.165, 1.54) is 29.1 Å². The molecule has 0 bridgehead atoms. The summed E-state index contributed by atoms with van der Waals surface area (Å²) in [6.45, 7) is 2.74. The number of aryl methyl sites for hydroxylation is 1. The van der Waals surface area contributed by atoms with Crippen molar-refractivity contribution in [3.8, 4) is 0 Å². The molecule has 8 nitrogen and oxygen atoms in total. The van der Waals surface area contributed by atoms with Crippen molar-refractivity contribution in [2.45, 2.75) is 81.8 Å². The number of nitrogens with zero attached hydrogens (tertiary/aromatic N) is 5. The topological polar surface area (TPSA) is 91.6 Å². The summed E-state index contributed by atoms with van der Waals surface area (Å²) < 4.78 is 59.6. The van der Waals surface area contributed by atoms with Crippen LogP contribution in [0, 0.1) is 0 Å². The normalized spacial score (nSPS) is 24.6. The molecule has 3 aromatic rings. The van der Waals surface area contributed by atoms with Gasteiger partial charge < -0.3 is 14.6 Å². The van der Waals surface area contributed by atoms with Crippen LogP contribution in [-0.2, 0) is 31.7 Å². The number of hydrogen-bond acceptors (Lipinski definition) is 4. The van der Waals surface area contributed by atoms with Gasteiger partial charge in [-0.3, -0.25) is 9.69 Å². The Bertz CT molecular complexity index is 1590. The van der Waals surface area contributed by atoms with E-state index in [1.54, 1.807) is 36.7 Å². The van der Waals surface area contributed by atoms with Crippen LogP contribution in [0.1, 0.15) is 84.4 Å². The average Bonchev–Trinajstić information content (AvgIpc) is 3.46.